The van der Waals surface area contributed by atoms with Gasteiger partial charge in [-0.1, -0.05) is 0 Å². The van der Waals surface area contributed by atoms with E-state index in [9.17, 15) is 18.0 Å². The summed E-state index contributed by atoms with van der Waals surface area (Å²) in [5.74, 6) is 0.860. The zero-order valence-corrected chi connectivity index (χ0v) is 16.0. The second-order valence-electron chi connectivity index (χ2n) is 6.58. The molecule has 1 aliphatic heterocycles. The van der Waals surface area contributed by atoms with Gasteiger partial charge in [0.15, 0.2) is 0 Å². The van der Waals surface area contributed by atoms with Crippen LogP contribution >= 0.6 is 0 Å². The number of hydrogen-bond acceptors (Lipinski definition) is 6. The molecule has 29 heavy (non-hydrogen) atoms. The molecule has 0 radical (unpaired) electrons. The van der Waals surface area contributed by atoms with Gasteiger partial charge in [-0.2, -0.15) is 13.2 Å². The fraction of sp³-hybridized carbons (Fsp3) is 0.421. The molecule has 1 N–H and O–H groups in total. The van der Waals surface area contributed by atoms with Crippen LogP contribution in [0.2, 0.25) is 0 Å². The molecule has 156 valence electrons. The molecule has 0 bridgehead atoms. The number of benzene rings is 1. The molecule has 2 heterocycles. The second-order valence-corrected chi connectivity index (χ2v) is 6.58. The van der Waals surface area contributed by atoms with Crippen LogP contribution in [0.15, 0.2) is 30.6 Å². The van der Waals surface area contributed by atoms with Crippen molar-refractivity contribution < 1.29 is 27.4 Å². The van der Waals surface area contributed by atoms with Gasteiger partial charge in [0.05, 0.1) is 19.9 Å². The SMILES string of the molecule is COc1ccc(OC)c(NC(=O)C2CCN(c3cc(C(F)(F)F)ncn3)CC2)c1. The van der Waals surface area contributed by atoms with E-state index in [1.54, 1.807) is 23.1 Å². The average Bonchev–Trinajstić information content (AvgIpc) is 2.73. The Morgan fingerprint density at radius 1 is 1.14 bits per heavy atom. The first-order valence-corrected chi connectivity index (χ1v) is 8.99. The maximum absolute atomic E-state index is 12.8. The molecular formula is C19H21F3N4O3. The molecule has 0 aliphatic carbocycles. The van der Waals surface area contributed by atoms with Crippen LogP contribution in [0, 0.1) is 5.92 Å². The zero-order valence-electron chi connectivity index (χ0n) is 16.0. The van der Waals surface area contributed by atoms with E-state index < -0.39 is 11.9 Å². The highest BCUT2D eigenvalue weighted by molar-refractivity contribution is 5.94. The Kier molecular flexibility index (Phi) is 6.09. The number of anilines is 2. The molecule has 1 saturated heterocycles. The number of alkyl halides is 3. The number of nitrogens with zero attached hydrogens (tertiary/aromatic N) is 3. The van der Waals surface area contributed by atoms with Crippen LogP contribution in [0.25, 0.3) is 0 Å². The molecule has 1 aromatic carbocycles. The third-order valence-corrected chi connectivity index (χ3v) is 4.80. The van der Waals surface area contributed by atoms with E-state index in [2.05, 4.69) is 15.3 Å². The van der Waals surface area contributed by atoms with Crippen LogP contribution in [0.5, 0.6) is 11.5 Å². The van der Waals surface area contributed by atoms with Gasteiger partial charge < -0.3 is 19.7 Å². The van der Waals surface area contributed by atoms with Gasteiger partial charge in [0, 0.05) is 31.1 Å². The third kappa shape index (κ3) is 4.87. The van der Waals surface area contributed by atoms with Gasteiger partial charge in [-0.25, -0.2) is 9.97 Å². The second kappa shape index (κ2) is 8.54. The van der Waals surface area contributed by atoms with E-state index in [4.69, 9.17) is 9.47 Å². The summed E-state index contributed by atoms with van der Waals surface area (Å²) in [6.45, 7) is 0.837. The zero-order chi connectivity index (χ0) is 21.0. The molecule has 1 aromatic heterocycles. The lowest BCUT2D eigenvalue weighted by molar-refractivity contribution is -0.141. The Labute approximate surface area is 165 Å². The lowest BCUT2D eigenvalue weighted by Crippen LogP contribution is -2.38. The summed E-state index contributed by atoms with van der Waals surface area (Å²) in [6.07, 6.45) is -2.63. The van der Waals surface area contributed by atoms with Gasteiger partial charge in [-0.15, -0.1) is 0 Å². The minimum Gasteiger partial charge on any atom is -0.497 e. The summed E-state index contributed by atoms with van der Waals surface area (Å²) in [6, 6.07) is 6.03. The molecule has 1 fully saturated rings. The molecule has 2 aromatic rings. The Morgan fingerprint density at radius 3 is 2.48 bits per heavy atom. The number of aromatic nitrogens is 2. The first kappa shape index (κ1) is 20.7. The van der Waals surface area contributed by atoms with Crippen molar-refractivity contribution in [1.82, 2.24) is 9.97 Å². The monoisotopic (exact) mass is 410 g/mol. The van der Waals surface area contributed by atoms with Crippen molar-refractivity contribution in [2.24, 2.45) is 5.92 Å². The van der Waals surface area contributed by atoms with Crippen molar-refractivity contribution in [1.29, 1.82) is 0 Å². The van der Waals surface area contributed by atoms with E-state index in [0.29, 0.717) is 43.1 Å². The van der Waals surface area contributed by atoms with E-state index >= 15 is 0 Å². The number of hydrogen-bond donors (Lipinski definition) is 1. The van der Waals surface area contributed by atoms with Gasteiger partial charge in [-0.3, -0.25) is 4.79 Å². The summed E-state index contributed by atoms with van der Waals surface area (Å²) in [7, 11) is 3.04. The molecule has 1 amide bonds. The molecule has 3 rings (SSSR count). The Bertz CT molecular complexity index is 868. The molecule has 7 nitrogen and oxygen atoms in total. The van der Waals surface area contributed by atoms with E-state index in [1.165, 1.54) is 14.2 Å². The number of ether oxygens (including phenoxy) is 2. The predicted molar refractivity (Wildman–Crippen MR) is 100 cm³/mol. The summed E-state index contributed by atoms with van der Waals surface area (Å²) in [4.78, 5) is 21.6. The summed E-state index contributed by atoms with van der Waals surface area (Å²) in [5, 5.41) is 2.85. The lowest BCUT2D eigenvalue weighted by Gasteiger charge is -2.32. The van der Waals surface area contributed by atoms with Gasteiger partial charge in [0.25, 0.3) is 0 Å². The predicted octanol–water partition coefficient (Wildman–Crippen LogP) is 3.37. The minimum absolute atomic E-state index is 0.171. The Balaban J connectivity index is 1.63. The van der Waals surface area contributed by atoms with Crippen LogP contribution in [0.4, 0.5) is 24.7 Å². The van der Waals surface area contributed by atoms with Crippen molar-refractivity contribution >= 4 is 17.4 Å². The van der Waals surface area contributed by atoms with Crippen molar-refractivity contribution in [2.75, 3.05) is 37.5 Å². The van der Waals surface area contributed by atoms with E-state index in [1.807, 2.05) is 0 Å². The van der Waals surface area contributed by atoms with Gasteiger partial charge in [0.2, 0.25) is 5.91 Å². The number of halogens is 3. The molecule has 10 heteroatoms. The standard InChI is InChI=1S/C19H21F3N4O3/c1-28-13-3-4-15(29-2)14(9-13)25-18(27)12-5-7-26(8-6-12)17-10-16(19(20,21)22)23-11-24-17/h3-4,9-12H,5-8H2,1-2H3,(H,25,27). The number of amides is 1. The fourth-order valence-corrected chi connectivity index (χ4v) is 3.19. The smallest absolute Gasteiger partial charge is 0.433 e. The summed E-state index contributed by atoms with van der Waals surface area (Å²) in [5.41, 5.74) is -0.475. The van der Waals surface area contributed by atoms with Crippen LogP contribution in [0.3, 0.4) is 0 Å². The van der Waals surface area contributed by atoms with Gasteiger partial charge in [0.1, 0.15) is 29.3 Å². The molecule has 0 spiro atoms. The van der Waals surface area contributed by atoms with Crippen LogP contribution < -0.4 is 19.7 Å². The van der Waals surface area contributed by atoms with Crippen molar-refractivity contribution in [2.45, 2.75) is 19.0 Å². The summed E-state index contributed by atoms with van der Waals surface area (Å²) >= 11 is 0. The van der Waals surface area contributed by atoms with Gasteiger partial charge >= 0.3 is 6.18 Å². The highest BCUT2D eigenvalue weighted by atomic mass is 19.4. The minimum atomic E-state index is -4.52. The highest BCUT2D eigenvalue weighted by Gasteiger charge is 2.34. The highest BCUT2D eigenvalue weighted by Crippen LogP contribution is 2.32. The van der Waals surface area contributed by atoms with Gasteiger partial charge in [-0.05, 0) is 25.0 Å². The molecular weight excluding hydrogens is 389 g/mol. The van der Waals surface area contributed by atoms with Crippen molar-refractivity contribution in [3.8, 4) is 11.5 Å². The lowest BCUT2D eigenvalue weighted by atomic mass is 9.95. The number of nitrogens with one attached hydrogen (secondary N) is 1. The maximum atomic E-state index is 12.8. The Morgan fingerprint density at radius 2 is 1.86 bits per heavy atom. The molecule has 1 aliphatic rings. The maximum Gasteiger partial charge on any atom is 0.433 e. The molecule has 0 unspecified atom stereocenters. The number of piperidine rings is 1. The topological polar surface area (TPSA) is 76.6 Å². The van der Waals surface area contributed by atoms with Crippen molar-refractivity contribution in [3.05, 3.63) is 36.3 Å². The van der Waals surface area contributed by atoms with Crippen molar-refractivity contribution in [3.63, 3.8) is 0 Å². The number of methoxy groups -OCH3 is 2. The molecule has 0 atom stereocenters. The summed E-state index contributed by atoms with van der Waals surface area (Å²) < 4.78 is 49.0. The number of carbonyl (C=O) groups excluding carboxylic acids is 1. The first-order chi connectivity index (χ1) is 13.8. The molecule has 0 saturated carbocycles. The number of carbonyl (C=O) groups is 1. The van der Waals surface area contributed by atoms with E-state index in [-0.39, 0.29) is 17.6 Å². The fourth-order valence-electron chi connectivity index (χ4n) is 3.19. The van der Waals surface area contributed by atoms with Crippen LogP contribution in [0.1, 0.15) is 18.5 Å². The van der Waals surface area contributed by atoms with Crippen LogP contribution in [-0.4, -0.2) is 43.2 Å². The Hall–Kier alpha value is -3.04. The normalized spacial score (nSPS) is 15.1. The van der Waals surface area contributed by atoms with Crippen LogP contribution in [-0.2, 0) is 11.0 Å². The van der Waals surface area contributed by atoms with E-state index in [0.717, 1.165) is 12.4 Å². The first-order valence-electron chi connectivity index (χ1n) is 8.99. The average molecular weight is 410 g/mol. The largest absolute Gasteiger partial charge is 0.497 e. The number of rotatable bonds is 5. The quantitative estimate of drug-likeness (QED) is 0.815. The third-order valence-electron chi connectivity index (χ3n) is 4.80.